The van der Waals surface area contributed by atoms with Crippen LogP contribution in [0.3, 0.4) is 0 Å². The van der Waals surface area contributed by atoms with Crippen LogP contribution in [0.1, 0.15) is 41.6 Å². The van der Waals surface area contributed by atoms with Crippen molar-refractivity contribution in [1.82, 2.24) is 9.88 Å². The molecule has 4 aromatic rings. The number of halogens is 1. The number of carboxylic acid groups (broad SMARTS) is 1. The highest BCUT2D eigenvalue weighted by Crippen LogP contribution is 2.30. The lowest BCUT2D eigenvalue weighted by molar-refractivity contribution is -0.142. The number of carbonyl (C=O) groups excluding carboxylic acids is 1. The summed E-state index contributed by atoms with van der Waals surface area (Å²) >= 11 is 1.55. The average molecular weight is 477 g/mol. The first-order valence-electron chi connectivity index (χ1n) is 11.4. The second-order valence-electron chi connectivity index (χ2n) is 8.87. The maximum Gasteiger partial charge on any atom is 0.306 e. The Bertz CT molecular complexity index is 1330. The molecule has 0 bridgehead atoms. The maximum absolute atomic E-state index is 13.5. The van der Waals surface area contributed by atoms with E-state index >= 15 is 0 Å². The summed E-state index contributed by atoms with van der Waals surface area (Å²) < 4.78 is 16.7. The average Bonchev–Trinajstić information content (AvgIpc) is 3.43. The fourth-order valence-corrected chi connectivity index (χ4v) is 5.66. The van der Waals surface area contributed by atoms with E-state index < -0.39 is 5.97 Å². The number of aliphatic carboxylic acids is 1. The van der Waals surface area contributed by atoms with Crippen molar-refractivity contribution in [3.8, 4) is 11.1 Å². The molecule has 1 saturated carbocycles. The summed E-state index contributed by atoms with van der Waals surface area (Å²) in [5.41, 5.74) is 4.44. The Morgan fingerprint density at radius 2 is 1.79 bits per heavy atom. The zero-order valence-corrected chi connectivity index (χ0v) is 19.4. The third-order valence-corrected chi connectivity index (χ3v) is 7.54. The smallest absolute Gasteiger partial charge is 0.306 e. The summed E-state index contributed by atoms with van der Waals surface area (Å²) in [6, 6.07) is 16.6. The van der Waals surface area contributed by atoms with E-state index in [0.29, 0.717) is 37.8 Å². The molecule has 0 saturated heterocycles. The van der Waals surface area contributed by atoms with Crippen molar-refractivity contribution in [1.29, 1.82) is 0 Å². The third-order valence-electron chi connectivity index (χ3n) is 6.61. The number of amides is 1. The molecule has 1 aliphatic carbocycles. The van der Waals surface area contributed by atoms with Crippen LogP contribution in [0.15, 0.2) is 66.2 Å². The molecule has 0 unspecified atom stereocenters. The summed E-state index contributed by atoms with van der Waals surface area (Å²) in [4.78, 5) is 24.2. The molecule has 0 atom stereocenters. The Hall–Kier alpha value is -3.45. The number of hydrogen-bond acceptors (Lipinski definition) is 3. The van der Waals surface area contributed by atoms with Crippen LogP contribution in [0.5, 0.6) is 0 Å². The lowest BCUT2D eigenvalue weighted by Crippen LogP contribution is -2.38. The minimum absolute atomic E-state index is 0.0110. The Kier molecular flexibility index (Phi) is 6.20. The van der Waals surface area contributed by atoms with Gasteiger partial charge in [0.2, 0.25) is 0 Å². The molecule has 0 spiro atoms. The highest BCUT2D eigenvalue weighted by atomic mass is 32.1. The molecule has 1 amide bonds. The van der Waals surface area contributed by atoms with Crippen LogP contribution in [0.4, 0.5) is 4.39 Å². The van der Waals surface area contributed by atoms with Gasteiger partial charge in [-0.2, -0.15) is 0 Å². The van der Waals surface area contributed by atoms with Crippen molar-refractivity contribution < 1.29 is 19.1 Å². The molecule has 1 aliphatic rings. The number of aromatic nitrogens is 1. The molecule has 2 N–H and O–H groups in total. The standard InChI is InChI=1S/C27H25FN2O3S/c28-21-3-1-2-20(14-21)18-6-4-17(5-7-18)15-30-13-12-24-25(30)23(16-34-24)26(31)29-22-10-8-19(9-11-22)27(32)33/h1-7,12-14,16,19,22H,8-11,15H2,(H,29,31)(H,32,33). The number of thiophene rings is 1. The Balaban J connectivity index is 1.30. The number of nitrogens with zero attached hydrogens (tertiary/aromatic N) is 1. The van der Waals surface area contributed by atoms with Crippen LogP contribution in [0.25, 0.3) is 21.3 Å². The van der Waals surface area contributed by atoms with Gasteiger partial charge in [0.25, 0.3) is 5.91 Å². The van der Waals surface area contributed by atoms with E-state index in [-0.39, 0.29) is 23.7 Å². The zero-order valence-electron chi connectivity index (χ0n) is 18.5. The quantitative estimate of drug-likeness (QED) is 0.362. The number of carbonyl (C=O) groups is 2. The fourth-order valence-electron chi connectivity index (χ4n) is 4.72. The molecule has 2 aromatic heterocycles. The van der Waals surface area contributed by atoms with Crippen LogP contribution in [-0.2, 0) is 11.3 Å². The summed E-state index contributed by atoms with van der Waals surface area (Å²) in [6.45, 7) is 0.619. The van der Waals surface area contributed by atoms with Crippen molar-refractivity contribution in [2.45, 2.75) is 38.3 Å². The van der Waals surface area contributed by atoms with Crippen molar-refractivity contribution in [3.63, 3.8) is 0 Å². The Labute approximate surface area is 200 Å². The lowest BCUT2D eigenvalue weighted by atomic mass is 9.86. The molecule has 2 aromatic carbocycles. The van der Waals surface area contributed by atoms with E-state index in [1.807, 2.05) is 48.0 Å². The first kappa shape index (κ1) is 22.3. The van der Waals surface area contributed by atoms with Crippen molar-refractivity contribution in [3.05, 3.63) is 83.1 Å². The van der Waals surface area contributed by atoms with Gasteiger partial charge >= 0.3 is 5.97 Å². The first-order valence-corrected chi connectivity index (χ1v) is 12.3. The van der Waals surface area contributed by atoms with Gasteiger partial charge in [-0.1, -0.05) is 36.4 Å². The molecule has 0 aliphatic heterocycles. The van der Waals surface area contributed by atoms with Crippen molar-refractivity contribution in [2.75, 3.05) is 0 Å². The van der Waals surface area contributed by atoms with Gasteiger partial charge in [-0.05, 0) is 60.6 Å². The predicted octanol–water partition coefficient (Wildman–Crippen LogP) is 5.93. The lowest BCUT2D eigenvalue weighted by Gasteiger charge is -2.26. The summed E-state index contributed by atoms with van der Waals surface area (Å²) in [6.07, 6.45) is 4.57. The van der Waals surface area contributed by atoms with E-state index in [1.165, 1.54) is 12.1 Å². The van der Waals surface area contributed by atoms with Gasteiger partial charge in [0.05, 0.1) is 21.7 Å². The van der Waals surface area contributed by atoms with Crippen molar-refractivity contribution >= 4 is 33.4 Å². The fraction of sp³-hybridized carbons (Fsp3) is 0.259. The minimum atomic E-state index is -0.744. The van der Waals surface area contributed by atoms with Gasteiger partial charge in [0, 0.05) is 24.2 Å². The maximum atomic E-state index is 13.5. The number of nitrogens with one attached hydrogen (secondary N) is 1. The summed E-state index contributed by atoms with van der Waals surface area (Å²) in [7, 11) is 0. The first-order chi connectivity index (χ1) is 16.5. The van der Waals surface area contributed by atoms with E-state index in [2.05, 4.69) is 9.88 Å². The second kappa shape index (κ2) is 9.43. The van der Waals surface area contributed by atoms with E-state index in [4.69, 9.17) is 0 Å². The second-order valence-corrected chi connectivity index (χ2v) is 9.78. The van der Waals surface area contributed by atoms with Crippen molar-refractivity contribution in [2.24, 2.45) is 5.92 Å². The van der Waals surface area contributed by atoms with Gasteiger partial charge in [0.15, 0.2) is 0 Å². The normalized spacial score (nSPS) is 18.1. The number of rotatable bonds is 6. The van der Waals surface area contributed by atoms with Crippen LogP contribution in [-0.4, -0.2) is 27.6 Å². The Morgan fingerprint density at radius 1 is 1.03 bits per heavy atom. The molecule has 5 nitrogen and oxygen atoms in total. The van der Waals surface area contributed by atoms with Crippen LogP contribution < -0.4 is 5.32 Å². The van der Waals surface area contributed by atoms with Gasteiger partial charge in [0.1, 0.15) is 5.82 Å². The highest BCUT2D eigenvalue weighted by molar-refractivity contribution is 7.17. The topological polar surface area (TPSA) is 71.3 Å². The van der Waals surface area contributed by atoms with Crippen LogP contribution in [0.2, 0.25) is 0 Å². The SMILES string of the molecule is O=C(NC1CCC(C(=O)O)CC1)c1csc2ccn(Cc3ccc(-c4cccc(F)c4)cc3)c12. The van der Waals surface area contributed by atoms with Crippen LogP contribution in [0, 0.1) is 11.7 Å². The Morgan fingerprint density at radius 3 is 2.50 bits per heavy atom. The molecular formula is C27H25FN2O3S. The summed E-state index contributed by atoms with van der Waals surface area (Å²) in [5.74, 6) is -1.41. The number of hydrogen-bond donors (Lipinski definition) is 2. The molecule has 174 valence electrons. The largest absolute Gasteiger partial charge is 0.481 e. The van der Waals surface area contributed by atoms with E-state index in [1.54, 1.807) is 17.4 Å². The van der Waals surface area contributed by atoms with Gasteiger partial charge in [-0.15, -0.1) is 11.3 Å². The number of benzene rings is 2. The van der Waals surface area contributed by atoms with E-state index in [0.717, 1.165) is 26.9 Å². The van der Waals surface area contributed by atoms with Gasteiger partial charge in [-0.25, -0.2) is 4.39 Å². The zero-order chi connectivity index (χ0) is 23.7. The van der Waals surface area contributed by atoms with Crippen LogP contribution >= 0.6 is 11.3 Å². The predicted molar refractivity (Wildman–Crippen MR) is 132 cm³/mol. The minimum Gasteiger partial charge on any atom is -0.481 e. The summed E-state index contributed by atoms with van der Waals surface area (Å²) in [5, 5.41) is 14.2. The number of fused-ring (bicyclic) bond motifs is 1. The molecule has 1 fully saturated rings. The van der Waals surface area contributed by atoms with Gasteiger partial charge < -0.3 is 15.0 Å². The molecule has 2 heterocycles. The number of carboxylic acids is 1. The third kappa shape index (κ3) is 4.61. The molecule has 0 radical (unpaired) electrons. The monoisotopic (exact) mass is 476 g/mol. The van der Waals surface area contributed by atoms with Gasteiger partial charge in [-0.3, -0.25) is 9.59 Å². The molecule has 7 heteroatoms. The highest BCUT2D eigenvalue weighted by Gasteiger charge is 2.27. The molecule has 5 rings (SSSR count). The molecule has 34 heavy (non-hydrogen) atoms. The molecular weight excluding hydrogens is 451 g/mol. The van der Waals surface area contributed by atoms with E-state index in [9.17, 15) is 19.1 Å².